The van der Waals surface area contributed by atoms with Crippen LogP contribution in [0.5, 0.6) is 5.75 Å². The second kappa shape index (κ2) is 9.04. The number of methoxy groups -OCH3 is 1. The smallest absolute Gasteiger partial charge is 0.227 e. The maximum atomic E-state index is 13.9. The molecule has 0 N–H and O–H groups in total. The maximum Gasteiger partial charge on any atom is 0.227 e. The topological polar surface area (TPSA) is 29.5 Å². The Morgan fingerprint density at radius 3 is 2.12 bits per heavy atom. The Labute approximate surface area is 190 Å². The van der Waals surface area contributed by atoms with Gasteiger partial charge in [-0.05, 0) is 41.2 Å². The molecule has 0 saturated carbocycles. The van der Waals surface area contributed by atoms with Crippen molar-refractivity contribution in [2.45, 2.75) is 24.8 Å². The summed E-state index contributed by atoms with van der Waals surface area (Å²) in [7, 11) is 1.67. The van der Waals surface area contributed by atoms with E-state index in [0.29, 0.717) is 12.5 Å². The number of nitrogens with zero attached hydrogens (tertiary/aromatic N) is 1. The molecule has 3 aromatic rings. The van der Waals surface area contributed by atoms with Gasteiger partial charge in [-0.15, -0.1) is 0 Å². The van der Waals surface area contributed by atoms with E-state index < -0.39 is 0 Å². The van der Waals surface area contributed by atoms with E-state index in [1.165, 1.54) is 11.1 Å². The first kappa shape index (κ1) is 20.6. The van der Waals surface area contributed by atoms with Gasteiger partial charge in [-0.25, -0.2) is 0 Å². The molecule has 162 valence electrons. The maximum absolute atomic E-state index is 13.9. The number of carbonyl (C=O) groups excluding carboxylic acids is 1. The lowest BCUT2D eigenvalue weighted by atomic mass is 9.63. The number of benzene rings is 3. The Kier molecular flexibility index (Phi) is 5.81. The monoisotopic (exact) mass is 423 g/mol. The van der Waals surface area contributed by atoms with Crippen molar-refractivity contribution in [3.05, 3.63) is 114 Å². The standard InChI is InChI=1S/C29H29NO2/c1-32-25-15-12-21(13-16-25)20-30-19-18-24-14-17-26(22-8-4-2-5-9-22)27(28(24)29(30)31)23-10-6-3-7-11-23/h2-17,24,26-28H,18-20H2,1H3/t24-,26+,27+,28+/m1/s1. The number of rotatable bonds is 5. The van der Waals surface area contributed by atoms with Crippen LogP contribution in [-0.4, -0.2) is 24.5 Å². The summed E-state index contributed by atoms with van der Waals surface area (Å²) in [4.78, 5) is 16.0. The summed E-state index contributed by atoms with van der Waals surface area (Å²) >= 11 is 0. The molecule has 3 aromatic carbocycles. The number of piperidine rings is 1. The van der Waals surface area contributed by atoms with Crippen LogP contribution in [0.15, 0.2) is 97.1 Å². The van der Waals surface area contributed by atoms with Crippen molar-refractivity contribution in [2.75, 3.05) is 13.7 Å². The van der Waals surface area contributed by atoms with Crippen molar-refractivity contribution in [1.29, 1.82) is 0 Å². The third-order valence-electron chi connectivity index (χ3n) is 7.03. The summed E-state index contributed by atoms with van der Waals surface area (Å²) in [6.07, 6.45) is 5.67. The Hall–Kier alpha value is -3.33. The number of carbonyl (C=O) groups is 1. The number of ether oxygens (including phenoxy) is 1. The SMILES string of the molecule is COc1ccc(CN2CC[C@H]3C=C[C@@H](c4ccccc4)[C@H](c4ccccc4)[C@H]3C2=O)cc1. The fraction of sp³-hybridized carbons (Fsp3) is 0.276. The molecule has 1 amide bonds. The zero-order valence-electron chi connectivity index (χ0n) is 18.4. The van der Waals surface area contributed by atoms with E-state index in [0.717, 1.165) is 24.3 Å². The van der Waals surface area contributed by atoms with Gasteiger partial charge in [0.2, 0.25) is 5.91 Å². The van der Waals surface area contributed by atoms with E-state index in [9.17, 15) is 4.79 Å². The molecular weight excluding hydrogens is 394 g/mol. The number of allylic oxidation sites excluding steroid dienone is 2. The molecule has 1 heterocycles. The minimum atomic E-state index is -0.0420. The second-order valence-electron chi connectivity index (χ2n) is 8.84. The quantitative estimate of drug-likeness (QED) is 0.486. The highest BCUT2D eigenvalue weighted by Crippen LogP contribution is 2.49. The molecular formula is C29H29NO2. The van der Waals surface area contributed by atoms with E-state index >= 15 is 0 Å². The van der Waals surface area contributed by atoms with E-state index in [1.54, 1.807) is 7.11 Å². The van der Waals surface area contributed by atoms with Crippen LogP contribution in [0, 0.1) is 11.8 Å². The van der Waals surface area contributed by atoms with Crippen LogP contribution >= 0.6 is 0 Å². The highest BCUT2D eigenvalue weighted by Gasteiger charge is 2.45. The van der Waals surface area contributed by atoms with Gasteiger partial charge in [-0.3, -0.25) is 4.79 Å². The number of hydrogen-bond acceptors (Lipinski definition) is 2. The minimum absolute atomic E-state index is 0.0420. The van der Waals surface area contributed by atoms with Crippen LogP contribution in [0.3, 0.4) is 0 Å². The normalized spacial score (nSPS) is 24.8. The van der Waals surface area contributed by atoms with Crippen LogP contribution < -0.4 is 4.74 Å². The molecule has 2 aliphatic rings. The lowest BCUT2D eigenvalue weighted by Crippen LogP contribution is -2.48. The van der Waals surface area contributed by atoms with E-state index in [2.05, 4.69) is 89.8 Å². The lowest BCUT2D eigenvalue weighted by molar-refractivity contribution is -0.142. The van der Waals surface area contributed by atoms with Gasteiger partial charge < -0.3 is 9.64 Å². The van der Waals surface area contributed by atoms with Crippen molar-refractivity contribution < 1.29 is 9.53 Å². The summed E-state index contributed by atoms with van der Waals surface area (Å²) < 4.78 is 5.28. The predicted molar refractivity (Wildman–Crippen MR) is 128 cm³/mol. The van der Waals surface area contributed by atoms with Crippen molar-refractivity contribution >= 4 is 5.91 Å². The molecule has 0 unspecified atom stereocenters. The number of likely N-dealkylation sites (tertiary alicyclic amines) is 1. The summed E-state index contributed by atoms with van der Waals surface area (Å²) in [6.45, 7) is 1.45. The van der Waals surface area contributed by atoms with Crippen molar-refractivity contribution in [3.8, 4) is 5.75 Å². The average Bonchev–Trinajstić information content (AvgIpc) is 2.86. The summed E-state index contributed by atoms with van der Waals surface area (Å²) in [5.74, 6) is 1.70. The van der Waals surface area contributed by atoms with Gasteiger partial charge in [0.15, 0.2) is 0 Å². The molecule has 1 aliphatic heterocycles. The summed E-state index contributed by atoms with van der Waals surface area (Å²) in [5.41, 5.74) is 3.66. The van der Waals surface area contributed by atoms with Crippen LogP contribution in [0.2, 0.25) is 0 Å². The van der Waals surface area contributed by atoms with Gasteiger partial charge in [0, 0.05) is 24.9 Å². The highest BCUT2D eigenvalue weighted by atomic mass is 16.5. The number of fused-ring (bicyclic) bond motifs is 1. The van der Waals surface area contributed by atoms with E-state index in [-0.39, 0.29) is 23.7 Å². The molecule has 0 bridgehead atoms. The van der Waals surface area contributed by atoms with Crippen molar-refractivity contribution in [1.82, 2.24) is 4.90 Å². The molecule has 1 saturated heterocycles. The fourth-order valence-corrected chi connectivity index (χ4v) is 5.42. The van der Waals surface area contributed by atoms with Crippen molar-refractivity contribution in [3.63, 3.8) is 0 Å². The fourth-order valence-electron chi connectivity index (χ4n) is 5.42. The second-order valence-corrected chi connectivity index (χ2v) is 8.84. The van der Waals surface area contributed by atoms with Gasteiger partial charge in [0.1, 0.15) is 5.75 Å². The van der Waals surface area contributed by atoms with Crippen LogP contribution in [0.1, 0.15) is 34.9 Å². The Bertz CT molecular complexity index is 1080. The van der Waals surface area contributed by atoms with Gasteiger partial charge in [0.05, 0.1) is 13.0 Å². The first-order valence-electron chi connectivity index (χ1n) is 11.4. The average molecular weight is 424 g/mol. The minimum Gasteiger partial charge on any atom is -0.497 e. The first-order chi connectivity index (χ1) is 15.7. The van der Waals surface area contributed by atoms with Gasteiger partial charge >= 0.3 is 0 Å². The zero-order valence-corrected chi connectivity index (χ0v) is 18.4. The van der Waals surface area contributed by atoms with E-state index in [4.69, 9.17) is 4.74 Å². The molecule has 5 rings (SSSR count). The Morgan fingerprint density at radius 2 is 1.47 bits per heavy atom. The molecule has 0 aromatic heterocycles. The lowest BCUT2D eigenvalue weighted by Gasteiger charge is -2.45. The summed E-state index contributed by atoms with van der Waals surface area (Å²) in [5, 5.41) is 0. The Morgan fingerprint density at radius 1 is 0.812 bits per heavy atom. The Balaban J connectivity index is 1.48. The van der Waals surface area contributed by atoms with Crippen LogP contribution in [0.4, 0.5) is 0 Å². The molecule has 3 heteroatoms. The third kappa shape index (κ3) is 3.95. The van der Waals surface area contributed by atoms with Crippen LogP contribution in [0.25, 0.3) is 0 Å². The third-order valence-corrected chi connectivity index (χ3v) is 7.03. The molecule has 1 fully saturated rings. The molecule has 1 aliphatic carbocycles. The van der Waals surface area contributed by atoms with Crippen LogP contribution in [-0.2, 0) is 11.3 Å². The molecule has 4 atom stereocenters. The van der Waals surface area contributed by atoms with Gasteiger partial charge in [-0.1, -0.05) is 84.9 Å². The van der Waals surface area contributed by atoms with Gasteiger partial charge in [0.25, 0.3) is 0 Å². The first-order valence-corrected chi connectivity index (χ1v) is 11.4. The largest absolute Gasteiger partial charge is 0.497 e. The predicted octanol–water partition coefficient (Wildman–Crippen LogP) is 5.80. The van der Waals surface area contributed by atoms with E-state index in [1.807, 2.05) is 12.1 Å². The zero-order chi connectivity index (χ0) is 21.9. The molecule has 3 nitrogen and oxygen atoms in total. The summed E-state index contributed by atoms with van der Waals surface area (Å²) in [6, 6.07) is 29.3. The molecule has 32 heavy (non-hydrogen) atoms. The molecule has 0 radical (unpaired) electrons. The number of amides is 1. The highest BCUT2D eigenvalue weighted by molar-refractivity contribution is 5.82. The molecule has 0 spiro atoms. The van der Waals surface area contributed by atoms with Gasteiger partial charge in [-0.2, -0.15) is 0 Å². The number of hydrogen-bond donors (Lipinski definition) is 0. The van der Waals surface area contributed by atoms with Crippen molar-refractivity contribution in [2.24, 2.45) is 11.8 Å².